The van der Waals surface area contributed by atoms with Gasteiger partial charge < -0.3 is 10.8 Å². The van der Waals surface area contributed by atoms with Gasteiger partial charge in [-0.1, -0.05) is 30.3 Å². The molecule has 5 heteroatoms. The minimum atomic E-state index is -4.76. The summed E-state index contributed by atoms with van der Waals surface area (Å²) in [5.74, 6) is 0. The molecule has 78 valence electrons. The van der Waals surface area contributed by atoms with Crippen molar-refractivity contribution >= 4 is 0 Å². The maximum Gasteiger partial charge on any atom is 0.422 e. The summed E-state index contributed by atoms with van der Waals surface area (Å²) in [5.41, 5.74) is 1.76. The van der Waals surface area contributed by atoms with Crippen LogP contribution in [0.5, 0.6) is 0 Å². The Morgan fingerprint density at radius 3 is 2.00 bits per heavy atom. The first kappa shape index (κ1) is 11.0. The molecule has 0 amide bonds. The van der Waals surface area contributed by atoms with E-state index in [2.05, 4.69) is 0 Å². The minimum Gasteiger partial charge on any atom is -0.375 e. The highest BCUT2D eigenvalue weighted by atomic mass is 19.4. The van der Waals surface area contributed by atoms with Crippen LogP contribution in [-0.4, -0.2) is 17.8 Å². The van der Waals surface area contributed by atoms with Crippen molar-refractivity contribution in [3.8, 4) is 0 Å². The number of alkyl halides is 3. The summed E-state index contributed by atoms with van der Waals surface area (Å²) in [6.45, 7) is -0.888. The molecule has 3 N–H and O–H groups in total. The normalized spacial score (nSPS) is 16.4. The molecule has 1 aromatic carbocycles. The van der Waals surface area contributed by atoms with Crippen LogP contribution in [0.3, 0.4) is 0 Å². The maximum atomic E-state index is 12.5. The Morgan fingerprint density at radius 2 is 1.64 bits per heavy atom. The van der Waals surface area contributed by atoms with E-state index in [-0.39, 0.29) is 5.56 Å². The predicted molar refractivity (Wildman–Crippen MR) is 45.4 cm³/mol. The molecule has 0 fully saturated rings. The number of hydrogen-bond acceptors (Lipinski definition) is 2. The first-order valence-electron chi connectivity index (χ1n) is 3.96. The second kappa shape index (κ2) is 3.59. The molecule has 0 saturated carbocycles. The Kier molecular flexibility index (Phi) is 2.82. The molecule has 0 saturated heterocycles. The summed E-state index contributed by atoms with van der Waals surface area (Å²) >= 11 is 0. The lowest BCUT2D eigenvalue weighted by Crippen LogP contribution is -2.48. The molecule has 1 aromatic rings. The predicted octanol–water partition coefficient (Wildman–Crippen LogP) is 1.40. The minimum absolute atomic E-state index is 0.241. The van der Waals surface area contributed by atoms with Crippen LogP contribution in [0.15, 0.2) is 30.3 Å². The zero-order valence-corrected chi connectivity index (χ0v) is 7.25. The molecule has 14 heavy (non-hydrogen) atoms. The molecular weight excluding hydrogens is 195 g/mol. The van der Waals surface area contributed by atoms with Crippen LogP contribution in [-0.2, 0) is 5.60 Å². The Bertz CT molecular complexity index is 299. The molecule has 0 aliphatic carbocycles. The fraction of sp³-hybridized carbons (Fsp3) is 0.333. The van der Waals surface area contributed by atoms with Gasteiger partial charge in [-0.3, -0.25) is 0 Å². The van der Waals surface area contributed by atoms with Crippen LogP contribution in [0.25, 0.3) is 0 Å². The van der Waals surface area contributed by atoms with Crippen molar-refractivity contribution in [2.45, 2.75) is 11.8 Å². The van der Waals surface area contributed by atoms with Crippen molar-refractivity contribution in [1.82, 2.24) is 0 Å². The van der Waals surface area contributed by atoms with Crippen molar-refractivity contribution in [3.05, 3.63) is 35.9 Å². The highest BCUT2D eigenvalue weighted by molar-refractivity contribution is 5.24. The Labute approximate surface area is 79.2 Å². The quantitative estimate of drug-likeness (QED) is 0.766. The smallest absolute Gasteiger partial charge is 0.375 e. The van der Waals surface area contributed by atoms with Crippen LogP contribution >= 0.6 is 0 Å². The molecule has 0 heterocycles. The van der Waals surface area contributed by atoms with Crippen LogP contribution in [0.2, 0.25) is 0 Å². The number of nitrogens with two attached hydrogens (primary N) is 1. The molecule has 0 radical (unpaired) electrons. The van der Waals surface area contributed by atoms with Gasteiger partial charge >= 0.3 is 6.18 Å². The summed E-state index contributed by atoms with van der Waals surface area (Å²) in [6, 6.07) is 6.79. The average molecular weight is 205 g/mol. The molecule has 2 nitrogen and oxygen atoms in total. The first-order valence-corrected chi connectivity index (χ1v) is 3.96. The molecule has 1 atom stereocenters. The van der Waals surface area contributed by atoms with E-state index < -0.39 is 18.3 Å². The fourth-order valence-electron chi connectivity index (χ4n) is 1.11. The second-order valence-corrected chi connectivity index (χ2v) is 2.93. The lowest BCUT2D eigenvalue weighted by Gasteiger charge is -2.29. The van der Waals surface area contributed by atoms with Gasteiger partial charge in [-0.25, -0.2) is 0 Å². The van der Waals surface area contributed by atoms with E-state index >= 15 is 0 Å². The Balaban J connectivity index is 3.15. The Hall–Kier alpha value is -1.07. The molecule has 1 rings (SSSR count). The topological polar surface area (TPSA) is 46.2 Å². The van der Waals surface area contributed by atoms with Crippen molar-refractivity contribution in [2.75, 3.05) is 6.54 Å². The van der Waals surface area contributed by atoms with Gasteiger partial charge in [0.15, 0.2) is 5.60 Å². The lowest BCUT2D eigenvalue weighted by molar-refractivity contribution is -0.262. The molecule has 0 aliphatic heterocycles. The zero-order valence-electron chi connectivity index (χ0n) is 7.25. The lowest BCUT2D eigenvalue weighted by atomic mass is 9.93. The molecule has 1 unspecified atom stereocenters. The van der Waals surface area contributed by atoms with Gasteiger partial charge in [-0.2, -0.15) is 13.2 Å². The third kappa shape index (κ3) is 1.73. The summed E-state index contributed by atoms with van der Waals surface area (Å²) in [5, 5.41) is 9.38. The second-order valence-electron chi connectivity index (χ2n) is 2.93. The van der Waals surface area contributed by atoms with E-state index in [4.69, 9.17) is 5.73 Å². The van der Waals surface area contributed by atoms with Gasteiger partial charge in [-0.15, -0.1) is 0 Å². The molecule has 0 aromatic heterocycles. The van der Waals surface area contributed by atoms with Gasteiger partial charge in [0, 0.05) is 6.54 Å². The molecule has 0 spiro atoms. The largest absolute Gasteiger partial charge is 0.422 e. The number of hydrogen-bond donors (Lipinski definition) is 2. The summed E-state index contributed by atoms with van der Waals surface area (Å²) in [7, 11) is 0. The van der Waals surface area contributed by atoms with Gasteiger partial charge in [0.25, 0.3) is 0 Å². The monoisotopic (exact) mass is 205 g/mol. The SMILES string of the molecule is NCC(O)(c1ccccc1)C(F)(F)F. The molecule has 0 aliphatic rings. The Morgan fingerprint density at radius 1 is 1.14 bits per heavy atom. The fourth-order valence-corrected chi connectivity index (χ4v) is 1.11. The van der Waals surface area contributed by atoms with E-state index in [1.165, 1.54) is 24.3 Å². The number of aliphatic hydroxyl groups is 1. The van der Waals surface area contributed by atoms with E-state index in [0.717, 1.165) is 0 Å². The van der Waals surface area contributed by atoms with Crippen molar-refractivity contribution < 1.29 is 18.3 Å². The first-order chi connectivity index (χ1) is 6.42. The summed E-state index contributed by atoms with van der Waals surface area (Å²) < 4.78 is 37.4. The van der Waals surface area contributed by atoms with Crippen molar-refractivity contribution in [1.29, 1.82) is 0 Å². The third-order valence-corrected chi connectivity index (χ3v) is 2.02. The maximum absolute atomic E-state index is 12.5. The molecule has 0 bridgehead atoms. The van der Waals surface area contributed by atoms with Crippen LogP contribution < -0.4 is 5.73 Å². The van der Waals surface area contributed by atoms with Crippen LogP contribution in [0.4, 0.5) is 13.2 Å². The summed E-state index contributed by atoms with van der Waals surface area (Å²) in [6.07, 6.45) is -4.76. The number of halogens is 3. The van der Waals surface area contributed by atoms with Gasteiger partial charge in [0.2, 0.25) is 0 Å². The van der Waals surface area contributed by atoms with Crippen LogP contribution in [0, 0.1) is 0 Å². The van der Waals surface area contributed by atoms with Crippen molar-refractivity contribution in [2.24, 2.45) is 5.73 Å². The third-order valence-electron chi connectivity index (χ3n) is 2.02. The number of rotatable bonds is 2. The standard InChI is InChI=1S/C9H10F3NO/c10-9(11,12)8(14,6-13)7-4-2-1-3-5-7/h1-5,14H,6,13H2. The number of benzene rings is 1. The van der Waals surface area contributed by atoms with Gasteiger partial charge in [0.05, 0.1) is 0 Å². The highest BCUT2D eigenvalue weighted by Crippen LogP contribution is 2.37. The van der Waals surface area contributed by atoms with E-state index in [0.29, 0.717) is 0 Å². The van der Waals surface area contributed by atoms with E-state index in [1.54, 1.807) is 6.07 Å². The highest BCUT2D eigenvalue weighted by Gasteiger charge is 2.53. The van der Waals surface area contributed by atoms with Gasteiger partial charge in [0.1, 0.15) is 0 Å². The van der Waals surface area contributed by atoms with E-state index in [9.17, 15) is 18.3 Å². The van der Waals surface area contributed by atoms with Crippen molar-refractivity contribution in [3.63, 3.8) is 0 Å². The van der Waals surface area contributed by atoms with Crippen LogP contribution in [0.1, 0.15) is 5.56 Å². The molecular formula is C9H10F3NO. The zero-order chi connectivity index (χ0) is 10.8. The van der Waals surface area contributed by atoms with Gasteiger partial charge in [-0.05, 0) is 5.56 Å². The summed E-state index contributed by atoms with van der Waals surface area (Å²) in [4.78, 5) is 0. The average Bonchev–Trinajstić information content (AvgIpc) is 2.16. The van der Waals surface area contributed by atoms with E-state index in [1.807, 2.05) is 0 Å².